The number of nitrogens with zero attached hydrogens (tertiary/aromatic N) is 2. The first-order chi connectivity index (χ1) is 14.0. The Bertz CT molecular complexity index is 1110. The average molecular weight is 393 g/mol. The molecular weight excluding hydrogens is 370 g/mol. The fourth-order valence-corrected chi connectivity index (χ4v) is 3.92. The van der Waals surface area contributed by atoms with E-state index in [1.165, 1.54) is 33.8 Å². The molecule has 1 saturated heterocycles. The molecule has 1 aliphatic rings. The number of pyridine rings is 1. The molecule has 3 amide bonds. The summed E-state index contributed by atoms with van der Waals surface area (Å²) in [6.45, 7) is 1.08. The number of nitrogens with two attached hydrogens (primary N) is 1. The van der Waals surface area contributed by atoms with Crippen LogP contribution in [0, 0.1) is 0 Å². The molecule has 8 nitrogen and oxygen atoms in total. The van der Waals surface area contributed by atoms with Crippen LogP contribution in [-0.4, -0.2) is 39.5 Å². The Balaban J connectivity index is 1.39. The number of amides is 3. The fourth-order valence-electron chi connectivity index (χ4n) is 3.92. The van der Waals surface area contributed by atoms with Crippen LogP contribution < -0.4 is 16.6 Å². The van der Waals surface area contributed by atoms with Crippen LogP contribution in [0.3, 0.4) is 0 Å². The van der Waals surface area contributed by atoms with Gasteiger partial charge in [-0.3, -0.25) is 9.59 Å². The molecule has 0 saturated carbocycles. The predicted octanol–water partition coefficient (Wildman–Crippen LogP) is 2.23. The van der Waals surface area contributed by atoms with Gasteiger partial charge >= 0.3 is 6.03 Å². The van der Waals surface area contributed by atoms with Gasteiger partial charge in [-0.25, -0.2) is 4.79 Å². The third-order valence-electron chi connectivity index (χ3n) is 5.40. The van der Waals surface area contributed by atoms with E-state index in [-0.39, 0.29) is 18.1 Å². The van der Waals surface area contributed by atoms with Crippen molar-refractivity contribution in [2.24, 2.45) is 5.73 Å². The first kappa shape index (κ1) is 18.8. The van der Waals surface area contributed by atoms with Gasteiger partial charge in [0, 0.05) is 42.5 Å². The Labute approximate surface area is 167 Å². The number of rotatable bonds is 4. The van der Waals surface area contributed by atoms with E-state index in [4.69, 9.17) is 5.73 Å². The normalized spacial score (nSPS) is 14.8. The molecule has 0 bridgehead atoms. The number of fused-ring (bicyclic) bond motifs is 1. The minimum Gasteiger partial charge on any atom is -0.368 e. The Morgan fingerprint density at radius 1 is 1.14 bits per heavy atom. The number of benzene rings is 1. The maximum atomic E-state index is 12.6. The van der Waals surface area contributed by atoms with Gasteiger partial charge in [0.2, 0.25) is 5.91 Å². The third-order valence-corrected chi connectivity index (χ3v) is 5.40. The minimum atomic E-state index is -0.616. The van der Waals surface area contributed by atoms with Gasteiger partial charge < -0.3 is 25.5 Å². The molecule has 1 aromatic carbocycles. The van der Waals surface area contributed by atoms with Gasteiger partial charge in [-0.05, 0) is 36.5 Å². The summed E-state index contributed by atoms with van der Waals surface area (Å²) < 4.78 is 1.18. The van der Waals surface area contributed by atoms with Gasteiger partial charge in [0.1, 0.15) is 6.54 Å². The minimum absolute atomic E-state index is 0.216. The summed E-state index contributed by atoms with van der Waals surface area (Å²) in [6.07, 6.45) is 5.28. The van der Waals surface area contributed by atoms with Crippen molar-refractivity contribution in [3.8, 4) is 0 Å². The summed E-state index contributed by atoms with van der Waals surface area (Å²) in [5.74, 6) is -0.206. The van der Waals surface area contributed by atoms with Crippen molar-refractivity contribution in [3.63, 3.8) is 0 Å². The zero-order chi connectivity index (χ0) is 20.4. The number of urea groups is 1. The van der Waals surface area contributed by atoms with Gasteiger partial charge in [0.05, 0.1) is 5.69 Å². The largest absolute Gasteiger partial charge is 0.368 e. The zero-order valence-electron chi connectivity index (χ0n) is 15.9. The fraction of sp³-hybridized carbons (Fsp3) is 0.286. The highest BCUT2D eigenvalue weighted by atomic mass is 16.2. The van der Waals surface area contributed by atoms with Gasteiger partial charge in [0.25, 0.3) is 5.56 Å². The summed E-state index contributed by atoms with van der Waals surface area (Å²) in [7, 11) is 0. The number of aromatic nitrogens is 2. The average Bonchev–Trinajstić information content (AvgIpc) is 3.14. The number of carbonyl (C=O) groups excluding carboxylic acids is 2. The molecule has 1 fully saturated rings. The molecule has 8 heteroatoms. The van der Waals surface area contributed by atoms with Gasteiger partial charge in [-0.2, -0.15) is 0 Å². The molecule has 3 heterocycles. The lowest BCUT2D eigenvalue weighted by atomic mass is 9.89. The lowest BCUT2D eigenvalue weighted by molar-refractivity contribution is -0.118. The number of likely N-dealkylation sites (tertiary alicyclic amines) is 1. The number of para-hydroxylation sites is 1. The van der Waals surface area contributed by atoms with Crippen molar-refractivity contribution < 1.29 is 9.59 Å². The molecule has 0 atom stereocenters. The molecular formula is C21H23N5O3. The second-order valence-electron chi connectivity index (χ2n) is 7.33. The summed E-state index contributed by atoms with van der Waals surface area (Å²) in [6, 6.07) is 10.9. The number of anilines is 1. The van der Waals surface area contributed by atoms with Crippen LogP contribution >= 0.6 is 0 Å². The number of hydrogen-bond acceptors (Lipinski definition) is 3. The molecule has 0 radical (unpaired) electrons. The molecule has 2 aromatic heterocycles. The SMILES string of the molecule is NC(=O)Cn1cc(NC(=O)N2CCC(c3c[nH]c4ccccc34)CC2)ccc1=O. The van der Waals surface area contributed by atoms with E-state index in [9.17, 15) is 14.4 Å². The molecule has 0 unspecified atom stereocenters. The van der Waals surface area contributed by atoms with Gasteiger partial charge in [-0.1, -0.05) is 18.2 Å². The number of primary amides is 1. The summed E-state index contributed by atoms with van der Waals surface area (Å²) >= 11 is 0. The second kappa shape index (κ2) is 7.83. The van der Waals surface area contributed by atoms with Crippen molar-refractivity contribution in [2.45, 2.75) is 25.3 Å². The van der Waals surface area contributed by atoms with Crippen LogP contribution in [-0.2, 0) is 11.3 Å². The molecule has 0 spiro atoms. The van der Waals surface area contributed by atoms with Crippen molar-refractivity contribution in [2.75, 3.05) is 18.4 Å². The second-order valence-corrected chi connectivity index (χ2v) is 7.33. The molecule has 4 N–H and O–H groups in total. The van der Waals surface area contributed by atoms with Crippen molar-refractivity contribution in [1.82, 2.24) is 14.5 Å². The standard InChI is InChI=1S/C21H23N5O3/c22-19(27)13-26-12-15(5-6-20(26)28)24-21(29)25-9-7-14(8-10-25)17-11-23-18-4-2-1-3-16(17)18/h1-6,11-12,14,23H,7-10,13H2,(H2,22,27)(H,24,29). The molecule has 29 heavy (non-hydrogen) atoms. The first-order valence-corrected chi connectivity index (χ1v) is 9.62. The zero-order valence-corrected chi connectivity index (χ0v) is 15.9. The lowest BCUT2D eigenvalue weighted by Crippen LogP contribution is -2.40. The Kier molecular flexibility index (Phi) is 5.07. The lowest BCUT2D eigenvalue weighted by Gasteiger charge is -2.32. The van der Waals surface area contributed by atoms with Crippen LogP contribution in [0.5, 0.6) is 0 Å². The predicted molar refractivity (Wildman–Crippen MR) is 111 cm³/mol. The van der Waals surface area contributed by atoms with Gasteiger partial charge in [0.15, 0.2) is 0 Å². The first-order valence-electron chi connectivity index (χ1n) is 9.62. The maximum absolute atomic E-state index is 12.6. The van der Waals surface area contributed by atoms with E-state index in [0.717, 1.165) is 18.4 Å². The monoisotopic (exact) mass is 393 g/mol. The van der Waals surface area contributed by atoms with E-state index >= 15 is 0 Å². The van der Waals surface area contributed by atoms with Crippen molar-refractivity contribution >= 4 is 28.5 Å². The van der Waals surface area contributed by atoms with Crippen molar-refractivity contribution in [1.29, 1.82) is 0 Å². The number of hydrogen-bond donors (Lipinski definition) is 3. The number of H-pyrrole nitrogens is 1. The Morgan fingerprint density at radius 3 is 2.66 bits per heavy atom. The third kappa shape index (κ3) is 4.01. The van der Waals surface area contributed by atoms with Crippen LogP contribution in [0.2, 0.25) is 0 Å². The number of carbonyl (C=O) groups is 2. The van der Waals surface area contributed by atoms with Crippen LogP contribution in [0.1, 0.15) is 24.3 Å². The number of aromatic amines is 1. The summed E-state index contributed by atoms with van der Waals surface area (Å²) in [5.41, 5.74) is 7.70. The smallest absolute Gasteiger partial charge is 0.321 e. The Morgan fingerprint density at radius 2 is 1.90 bits per heavy atom. The van der Waals surface area contributed by atoms with E-state index in [1.54, 1.807) is 4.90 Å². The highest BCUT2D eigenvalue weighted by Gasteiger charge is 2.25. The molecule has 4 rings (SSSR count). The van der Waals surface area contributed by atoms with E-state index < -0.39 is 5.91 Å². The Hall–Kier alpha value is -3.55. The molecule has 3 aromatic rings. The molecule has 0 aliphatic carbocycles. The highest BCUT2D eigenvalue weighted by Crippen LogP contribution is 2.33. The summed E-state index contributed by atoms with van der Waals surface area (Å²) in [4.78, 5) is 40.6. The number of piperidine rings is 1. The van der Waals surface area contributed by atoms with E-state index in [2.05, 4.69) is 28.6 Å². The highest BCUT2D eigenvalue weighted by molar-refractivity contribution is 5.89. The van der Waals surface area contributed by atoms with Gasteiger partial charge in [-0.15, -0.1) is 0 Å². The van der Waals surface area contributed by atoms with Crippen LogP contribution in [0.4, 0.5) is 10.5 Å². The van der Waals surface area contributed by atoms with Crippen molar-refractivity contribution in [3.05, 3.63) is 64.7 Å². The maximum Gasteiger partial charge on any atom is 0.321 e. The summed E-state index contributed by atoms with van der Waals surface area (Å²) in [5, 5.41) is 4.04. The van der Waals surface area contributed by atoms with Crippen LogP contribution in [0.25, 0.3) is 10.9 Å². The quantitative estimate of drug-likeness (QED) is 0.631. The van der Waals surface area contributed by atoms with E-state index in [1.807, 2.05) is 12.1 Å². The topological polar surface area (TPSA) is 113 Å². The number of nitrogens with one attached hydrogen (secondary N) is 2. The molecule has 150 valence electrons. The van der Waals surface area contributed by atoms with E-state index in [0.29, 0.717) is 24.7 Å². The molecule has 1 aliphatic heterocycles. The van der Waals surface area contributed by atoms with Crippen LogP contribution in [0.15, 0.2) is 53.6 Å².